The first-order valence-corrected chi connectivity index (χ1v) is 5.90. The minimum atomic E-state index is 0.696. The van der Waals surface area contributed by atoms with E-state index in [1.807, 2.05) is 0 Å². The van der Waals surface area contributed by atoms with Crippen molar-refractivity contribution in [2.75, 3.05) is 13.2 Å². The number of ether oxygens (including phenoxy) is 1. The lowest BCUT2D eigenvalue weighted by atomic mass is 9.89. The van der Waals surface area contributed by atoms with Crippen LogP contribution in [0, 0.1) is 6.92 Å². The van der Waals surface area contributed by atoms with Gasteiger partial charge in [0.15, 0.2) is 0 Å². The molecule has 2 heteroatoms. The van der Waals surface area contributed by atoms with Gasteiger partial charge in [0.2, 0.25) is 0 Å². The van der Waals surface area contributed by atoms with E-state index in [0.717, 1.165) is 26.1 Å². The second kappa shape index (κ2) is 4.45. The van der Waals surface area contributed by atoms with E-state index < -0.39 is 0 Å². The third-order valence-electron chi connectivity index (χ3n) is 2.90. The Kier molecular flexibility index (Phi) is 3.24. The largest absolute Gasteiger partial charge is 0.381 e. The zero-order valence-corrected chi connectivity index (χ0v) is 10.0. The SMILES string of the molecule is Cc1ccc(Br)cc1C1CCOCC1. The molecular weight excluding hydrogens is 240 g/mol. The number of hydrogen-bond acceptors (Lipinski definition) is 1. The summed E-state index contributed by atoms with van der Waals surface area (Å²) in [6.45, 7) is 4.02. The summed E-state index contributed by atoms with van der Waals surface area (Å²) in [7, 11) is 0. The Morgan fingerprint density at radius 1 is 1.29 bits per heavy atom. The molecule has 0 atom stereocenters. The van der Waals surface area contributed by atoms with Gasteiger partial charge in [-0.05, 0) is 48.9 Å². The van der Waals surface area contributed by atoms with Crippen LogP contribution in [0.15, 0.2) is 22.7 Å². The molecule has 1 saturated heterocycles. The van der Waals surface area contributed by atoms with Crippen LogP contribution in [-0.4, -0.2) is 13.2 Å². The van der Waals surface area contributed by atoms with Crippen molar-refractivity contribution in [1.29, 1.82) is 0 Å². The molecule has 1 nitrogen and oxygen atoms in total. The third kappa shape index (κ3) is 2.18. The normalized spacial score (nSPS) is 18.4. The van der Waals surface area contributed by atoms with Crippen molar-refractivity contribution in [1.82, 2.24) is 0 Å². The fourth-order valence-corrected chi connectivity index (χ4v) is 2.44. The predicted octanol–water partition coefficient (Wildman–Crippen LogP) is 3.65. The summed E-state index contributed by atoms with van der Waals surface area (Å²) >= 11 is 3.53. The van der Waals surface area contributed by atoms with Crippen molar-refractivity contribution in [3.8, 4) is 0 Å². The predicted molar refractivity (Wildman–Crippen MR) is 61.7 cm³/mol. The monoisotopic (exact) mass is 254 g/mol. The lowest BCUT2D eigenvalue weighted by molar-refractivity contribution is 0.0852. The summed E-state index contributed by atoms with van der Waals surface area (Å²) in [5.74, 6) is 0.696. The third-order valence-corrected chi connectivity index (χ3v) is 3.40. The summed E-state index contributed by atoms with van der Waals surface area (Å²) in [5.41, 5.74) is 2.89. The lowest BCUT2D eigenvalue weighted by Gasteiger charge is -2.24. The van der Waals surface area contributed by atoms with Gasteiger partial charge in [-0.15, -0.1) is 0 Å². The lowest BCUT2D eigenvalue weighted by Crippen LogP contribution is -2.14. The number of benzene rings is 1. The van der Waals surface area contributed by atoms with Crippen LogP contribution in [0.2, 0.25) is 0 Å². The Bertz CT molecular complexity index is 316. The molecular formula is C12H15BrO. The second-order valence-corrected chi connectivity index (χ2v) is 4.80. The summed E-state index contributed by atoms with van der Waals surface area (Å²) in [4.78, 5) is 0. The molecule has 0 saturated carbocycles. The molecule has 0 unspecified atom stereocenters. The Balaban J connectivity index is 2.24. The summed E-state index contributed by atoms with van der Waals surface area (Å²) in [5, 5.41) is 0. The summed E-state index contributed by atoms with van der Waals surface area (Å²) in [6.07, 6.45) is 2.33. The fourth-order valence-electron chi connectivity index (χ4n) is 2.06. The average molecular weight is 255 g/mol. The number of rotatable bonds is 1. The van der Waals surface area contributed by atoms with Gasteiger partial charge < -0.3 is 4.74 Å². The van der Waals surface area contributed by atoms with Crippen LogP contribution < -0.4 is 0 Å². The van der Waals surface area contributed by atoms with Crippen LogP contribution in [0.1, 0.15) is 29.9 Å². The Hall–Kier alpha value is -0.340. The van der Waals surface area contributed by atoms with Crippen LogP contribution in [0.3, 0.4) is 0 Å². The number of aryl methyl sites for hydroxylation is 1. The van der Waals surface area contributed by atoms with Crippen LogP contribution in [0.5, 0.6) is 0 Å². The van der Waals surface area contributed by atoms with E-state index in [1.54, 1.807) is 0 Å². The first-order chi connectivity index (χ1) is 6.77. The maximum absolute atomic E-state index is 5.38. The molecule has 0 aromatic heterocycles. The highest BCUT2D eigenvalue weighted by atomic mass is 79.9. The van der Waals surface area contributed by atoms with Crippen LogP contribution in [-0.2, 0) is 4.74 Å². The zero-order chi connectivity index (χ0) is 9.97. The van der Waals surface area contributed by atoms with E-state index in [-0.39, 0.29) is 0 Å². The van der Waals surface area contributed by atoms with E-state index in [2.05, 4.69) is 41.1 Å². The Morgan fingerprint density at radius 3 is 2.71 bits per heavy atom. The van der Waals surface area contributed by atoms with Gasteiger partial charge in [0.05, 0.1) is 0 Å². The van der Waals surface area contributed by atoms with Gasteiger partial charge in [-0.2, -0.15) is 0 Å². The molecule has 0 amide bonds. The maximum Gasteiger partial charge on any atom is 0.0471 e. The highest BCUT2D eigenvalue weighted by molar-refractivity contribution is 9.10. The molecule has 2 rings (SSSR count). The van der Waals surface area contributed by atoms with Crippen molar-refractivity contribution < 1.29 is 4.74 Å². The van der Waals surface area contributed by atoms with Crippen molar-refractivity contribution in [3.63, 3.8) is 0 Å². The molecule has 1 aromatic rings. The van der Waals surface area contributed by atoms with Gasteiger partial charge in [-0.3, -0.25) is 0 Å². The van der Waals surface area contributed by atoms with Crippen molar-refractivity contribution in [2.24, 2.45) is 0 Å². The Labute approximate surface area is 93.6 Å². The standard InChI is InChI=1S/C12H15BrO/c1-9-2-3-11(13)8-12(9)10-4-6-14-7-5-10/h2-3,8,10H,4-7H2,1H3. The van der Waals surface area contributed by atoms with Crippen molar-refractivity contribution >= 4 is 15.9 Å². The summed E-state index contributed by atoms with van der Waals surface area (Å²) < 4.78 is 6.56. The molecule has 14 heavy (non-hydrogen) atoms. The molecule has 0 spiro atoms. The first-order valence-electron chi connectivity index (χ1n) is 5.11. The van der Waals surface area contributed by atoms with Gasteiger partial charge >= 0.3 is 0 Å². The van der Waals surface area contributed by atoms with E-state index in [1.165, 1.54) is 15.6 Å². The van der Waals surface area contributed by atoms with Crippen molar-refractivity contribution in [3.05, 3.63) is 33.8 Å². The summed E-state index contributed by atoms with van der Waals surface area (Å²) in [6, 6.07) is 6.55. The molecule has 76 valence electrons. The highest BCUT2D eigenvalue weighted by Crippen LogP contribution is 2.30. The zero-order valence-electron chi connectivity index (χ0n) is 8.42. The quantitative estimate of drug-likeness (QED) is 0.744. The van der Waals surface area contributed by atoms with Gasteiger partial charge in [0.1, 0.15) is 0 Å². The molecule has 1 aliphatic rings. The van der Waals surface area contributed by atoms with Crippen LogP contribution in [0.25, 0.3) is 0 Å². The molecule has 1 fully saturated rings. The second-order valence-electron chi connectivity index (χ2n) is 3.89. The maximum atomic E-state index is 5.38. The molecule has 0 bridgehead atoms. The molecule has 1 aliphatic heterocycles. The van der Waals surface area contributed by atoms with Gasteiger partial charge in [0, 0.05) is 17.7 Å². The number of halogens is 1. The molecule has 1 aromatic carbocycles. The first kappa shape index (κ1) is 10.2. The molecule has 0 N–H and O–H groups in total. The smallest absolute Gasteiger partial charge is 0.0471 e. The highest BCUT2D eigenvalue weighted by Gasteiger charge is 2.17. The van der Waals surface area contributed by atoms with E-state index in [9.17, 15) is 0 Å². The molecule has 0 aliphatic carbocycles. The molecule has 1 heterocycles. The van der Waals surface area contributed by atoms with Gasteiger partial charge in [0.25, 0.3) is 0 Å². The Morgan fingerprint density at radius 2 is 2.00 bits per heavy atom. The minimum absolute atomic E-state index is 0.696. The van der Waals surface area contributed by atoms with Gasteiger partial charge in [-0.25, -0.2) is 0 Å². The minimum Gasteiger partial charge on any atom is -0.381 e. The van der Waals surface area contributed by atoms with E-state index >= 15 is 0 Å². The van der Waals surface area contributed by atoms with Crippen molar-refractivity contribution in [2.45, 2.75) is 25.7 Å². The van der Waals surface area contributed by atoms with Crippen LogP contribution in [0.4, 0.5) is 0 Å². The fraction of sp³-hybridized carbons (Fsp3) is 0.500. The van der Waals surface area contributed by atoms with E-state index in [4.69, 9.17) is 4.74 Å². The number of hydrogen-bond donors (Lipinski definition) is 0. The average Bonchev–Trinajstić information content (AvgIpc) is 2.23. The van der Waals surface area contributed by atoms with Crippen LogP contribution >= 0.6 is 15.9 Å². The molecule has 0 radical (unpaired) electrons. The topological polar surface area (TPSA) is 9.23 Å². The van der Waals surface area contributed by atoms with E-state index in [0.29, 0.717) is 5.92 Å². The van der Waals surface area contributed by atoms with Gasteiger partial charge in [-0.1, -0.05) is 22.0 Å².